The van der Waals surface area contributed by atoms with E-state index in [0.29, 0.717) is 5.75 Å². The molecule has 4 heteroatoms. The average Bonchev–Trinajstić information content (AvgIpc) is 2.31. The second-order valence-corrected chi connectivity index (χ2v) is 4.98. The Labute approximate surface area is 118 Å². The molecule has 0 amide bonds. The Morgan fingerprint density at radius 3 is 2.61 bits per heavy atom. The minimum atomic E-state index is -0.540. The van der Waals surface area contributed by atoms with Gasteiger partial charge in [-0.3, -0.25) is 4.79 Å². The molecule has 0 aromatic heterocycles. The summed E-state index contributed by atoms with van der Waals surface area (Å²) in [6.45, 7) is 1.39. The zero-order valence-corrected chi connectivity index (χ0v) is 11.8. The first kappa shape index (κ1) is 13.0. The van der Waals surface area contributed by atoms with Gasteiger partial charge in [0.25, 0.3) is 0 Å². The highest BCUT2D eigenvalue weighted by atomic mass is 127. The molecule has 0 spiro atoms. The molecule has 92 valence electrons. The fraction of sp³-hybridized carbons (Fsp3) is 0.0714. The quantitative estimate of drug-likeness (QED) is 0.601. The van der Waals surface area contributed by atoms with Crippen molar-refractivity contribution in [2.24, 2.45) is 0 Å². The van der Waals surface area contributed by atoms with E-state index in [2.05, 4.69) is 22.6 Å². The molecule has 0 aliphatic heterocycles. The van der Waals surface area contributed by atoms with Crippen LogP contribution in [0.2, 0.25) is 0 Å². The Hall–Kier alpha value is -1.43. The zero-order chi connectivity index (χ0) is 13.1. The number of carbonyl (C=O) groups excluding carboxylic acids is 1. The lowest BCUT2D eigenvalue weighted by molar-refractivity contribution is 0.101. The van der Waals surface area contributed by atoms with E-state index < -0.39 is 5.82 Å². The van der Waals surface area contributed by atoms with Gasteiger partial charge in [0.1, 0.15) is 5.75 Å². The number of hydrogen-bond acceptors (Lipinski definition) is 2. The van der Waals surface area contributed by atoms with Gasteiger partial charge >= 0.3 is 0 Å². The number of hydrogen-bond donors (Lipinski definition) is 0. The van der Waals surface area contributed by atoms with Gasteiger partial charge in [-0.25, -0.2) is 4.39 Å². The summed E-state index contributed by atoms with van der Waals surface area (Å²) >= 11 is 2.14. The van der Waals surface area contributed by atoms with Crippen molar-refractivity contribution in [1.82, 2.24) is 0 Å². The molecule has 0 saturated heterocycles. The monoisotopic (exact) mass is 356 g/mol. The summed E-state index contributed by atoms with van der Waals surface area (Å²) in [5.41, 5.74) is 0.244. The van der Waals surface area contributed by atoms with Crippen molar-refractivity contribution in [3.8, 4) is 11.5 Å². The van der Waals surface area contributed by atoms with Crippen LogP contribution in [0.1, 0.15) is 17.3 Å². The fourth-order valence-electron chi connectivity index (χ4n) is 1.54. The molecule has 0 N–H and O–H groups in total. The smallest absolute Gasteiger partial charge is 0.173 e. The van der Waals surface area contributed by atoms with E-state index >= 15 is 0 Å². The van der Waals surface area contributed by atoms with E-state index in [1.54, 1.807) is 18.2 Å². The maximum absolute atomic E-state index is 13.7. The molecular weight excluding hydrogens is 346 g/mol. The third kappa shape index (κ3) is 2.87. The van der Waals surface area contributed by atoms with Gasteiger partial charge < -0.3 is 4.74 Å². The standard InChI is InChI=1S/C14H10FIO2/c1-9(17)12-6-3-7-13(15)14(12)18-11-5-2-4-10(16)8-11/h2-8H,1H3. The van der Waals surface area contributed by atoms with Crippen molar-refractivity contribution >= 4 is 28.4 Å². The minimum Gasteiger partial charge on any atom is -0.453 e. The van der Waals surface area contributed by atoms with Gasteiger partial charge in [-0.15, -0.1) is 0 Å². The summed E-state index contributed by atoms with van der Waals surface area (Å²) < 4.78 is 20.2. The first-order valence-electron chi connectivity index (χ1n) is 5.31. The molecular formula is C14H10FIO2. The lowest BCUT2D eigenvalue weighted by atomic mass is 10.1. The molecule has 2 nitrogen and oxygen atoms in total. The highest BCUT2D eigenvalue weighted by molar-refractivity contribution is 14.1. The lowest BCUT2D eigenvalue weighted by Crippen LogP contribution is -1.99. The topological polar surface area (TPSA) is 26.3 Å². The van der Waals surface area contributed by atoms with Crippen molar-refractivity contribution in [3.63, 3.8) is 0 Å². The number of rotatable bonds is 3. The van der Waals surface area contributed by atoms with Crippen molar-refractivity contribution in [3.05, 3.63) is 57.4 Å². The number of para-hydroxylation sites is 1. The van der Waals surface area contributed by atoms with E-state index in [-0.39, 0.29) is 17.1 Å². The van der Waals surface area contributed by atoms with Crippen LogP contribution in [0.25, 0.3) is 0 Å². The zero-order valence-electron chi connectivity index (χ0n) is 9.61. The third-order valence-electron chi connectivity index (χ3n) is 2.36. The number of ketones is 1. The first-order valence-corrected chi connectivity index (χ1v) is 6.38. The Morgan fingerprint density at radius 1 is 1.22 bits per heavy atom. The van der Waals surface area contributed by atoms with Crippen LogP contribution in [0.15, 0.2) is 42.5 Å². The summed E-state index contributed by atoms with van der Waals surface area (Å²) in [4.78, 5) is 11.4. The fourth-order valence-corrected chi connectivity index (χ4v) is 2.05. The van der Waals surface area contributed by atoms with E-state index in [1.807, 2.05) is 12.1 Å². The van der Waals surface area contributed by atoms with Gasteiger partial charge in [0, 0.05) is 3.57 Å². The molecule has 0 fully saturated rings. The summed E-state index contributed by atoms with van der Waals surface area (Å²) in [7, 11) is 0. The van der Waals surface area contributed by atoms with Crippen LogP contribution in [0, 0.1) is 9.39 Å². The van der Waals surface area contributed by atoms with Crippen molar-refractivity contribution in [2.45, 2.75) is 6.92 Å². The average molecular weight is 356 g/mol. The van der Waals surface area contributed by atoms with E-state index in [0.717, 1.165) is 3.57 Å². The molecule has 18 heavy (non-hydrogen) atoms. The maximum Gasteiger partial charge on any atom is 0.173 e. The van der Waals surface area contributed by atoms with E-state index in [1.165, 1.54) is 19.1 Å². The second kappa shape index (κ2) is 5.48. The normalized spacial score (nSPS) is 10.2. The van der Waals surface area contributed by atoms with E-state index in [4.69, 9.17) is 4.74 Å². The van der Waals surface area contributed by atoms with Crippen LogP contribution in [0.5, 0.6) is 11.5 Å². The van der Waals surface area contributed by atoms with Crippen molar-refractivity contribution < 1.29 is 13.9 Å². The second-order valence-electron chi connectivity index (χ2n) is 3.73. The molecule has 0 radical (unpaired) electrons. The predicted molar refractivity (Wildman–Crippen MR) is 75.6 cm³/mol. The molecule has 2 aromatic carbocycles. The van der Waals surface area contributed by atoms with Crippen LogP contribution in [0.4, 0.5) is 4.39 Å². The van der Waals surface area contributed by atoms with Gasteiger partial charge in [0.15, 0.2) is 17.3 Å². The summed E-state index contributed by atoms with van der Waals surface area (Å²) in [5, 5.41) is 0. The number of benzene rings is 2. The summed E-state index contributed by atoms with van der Waals surface area (Å²) in [6, 6.07) is 11.5. The Kier molecular flexibility index (Phi) is 3.96. The van der Waals surface area contributed by atoms with Crippen LogP contribution in [0.3, 0.4) is 0 Å². The van der Waals surface area contributed by atoms with Crippen LogP contribution >= 0.6 is 22.6 Å². The first-order chi connectivity index (χ1) is 8.58. The molecule has 0 heterocycles. The minimum absolute atomic E-state index is 0.0213. The number of carbonyl (C=O) groups is 1. The number of Topliss-reactive ketones (excluding diaryl/α,β-unsaturated/α-hetero) is 1. The largest absolute Gasteiger partial charge is 0.453 e. The van der Waals surface area contributed by atoms with Gasteiger partial charge in [-0.05, 0) is 59.8 Å². The SMILES string of the molecule is CC(=O)c1cccc(F)c1Oc1cccc(I)c1. The van der Waals surface area contributed by atoms with Gasteiger partial charge in [-0.2, -0.15) is 0 Å². The van der Waals surface area contributed by atoms with Crippen LogP contribution in [-0.2, 0) is 0 Å². The molecule has 0 aliphatic carbocycles. The molecule has 0 unspecified atom stereocenters. The lowest BCUT2D eigenvalue weighted by Gasteiger charge is -2.10. The number of ether oxygens (including phenoxy) is 1. The molecule has 0 atom stereocenters. The highest BCUT2D eigenvalue weighted by Gasteiger charge is 2.14. The Bertz CT molecular complexity index is 596. The molecule has 0 saturated carbocycles. The third-order valence-corrected chi connectivity index (χ3v) is 3.03. The maximum atomic E-state index is 13.7. The molecule has 0 aliphatic rings. The van der Waals surface area contributed by atoms with Gasteiger partial charge in [-0.1, -0.05) is 12.1 Å². The van der Waals surface area contributed by atoms with Gasteiger partial charge in [0.2, 0.25) is 0 Å². The van der Waals surface area contributed by atoms with Gasteiger partial charge in [0.05, 0.1) is 5.56 Å². The Morgan fingerprint density at radius 2 is 1.94 bits per heavy atom. The molecule has 2 aromatic rings. The predicted octanol–water partition coefficient (Wildman–Crippen LogP) is 4.43. The van der Waals surface area contributed by atoms with E-state index in [9.17, 15) is 9.18 Å². The van der Waals surface area contributed by atoms with Crippen molar-refractivity contribution in [2.75, 3.05) is 0 Å². The van der Waals surface area contributed by atoms with Crippen LogP contribution in [-0.4, -0.2) is 5.78 Å². The highest BCUT2D eigenvalue weighted by Crippen LogP contribution is 2.29. The summed E-state index contributed by atoms with van der Waals surface area (Å²) in [6.07, 6.45) is 0. The summed E-state index contributed by atoms with van der Waals surface area (Å²) in [5.74, 6) is -0.279. The van der Waals surface area contributed by atoms with Crippen molar-refractivity contribution in [1.29, 1.82) is 0 Å². The Balaban J connectivity index is 2.42. The molecule has 2 rings (SSSR count). The van der Waals surface area contributed by atoms with Crippen LogP contribution < -0.4 is 4.74 Å². The molecule has 0 bridgehead atoms. The number of halogens is 2.